The topological polar surface area (TPSA) is 128 Å². The van der Waals surface area contributed by atoms with Gasteiger partial charge in [-0.15, -0.1) is 0 Å². The molecule has 1 N–H and O–H groups in total. The Kier molecular flexibility index (Phi) is 8.29. The van der Waals surface area contributed by atoms with E-state index in [-0.39, 0.29) is 17.2 Å². The molecule has 3 aromatic carbocycles. The van der Waals surface area contributed by atoms with Gasteiger partial charge in [-0.2, -0.15) is 0 Å². The number of nitrogens with one attached hydrogen (secondary N) is 1. The molecular formula is C26H20ClN3O7S. The summed E-state index contributed by atoms with van der Waals surface area (Å²) in [6, 6.07) is 17.5. The largest absolute Gasteiger partial charge is 0.493 e. The summed E-state index contributed by atoms with van der Waals surface area (Å²) in [6.07, 6.45) is 1.52. The minimum atomic E-state index is -0.591. The fourth-order valence-electron chi connectivity index (χ4n) is 3.51. The minimum Gasteiger partial charge on any atom is -0.493 e. The van der Waals surface area contributed by atoms with E-state index in [1.165, 1.54) is 25.3 Å². The summed E-state index contributed by atoms with van der Waals surface area (Å²) in [5, 5.41) is 13.5. The van der Waals surface area contributed by atoms with Gasteiger partial charge in [0.15, 0.2) is 11.5 Å². The van der Waals surface area contributed by atoms with E-state index in [1.807, 2.05) is 0 Å². The van der Waals surface area contributed by atoms with Crippen molar-refractivity contribution in [2.24, 2.45) is 0 Å². The normalized spacial score (nSPS) is 14.1. The zero-order chi connectivity index (χ0) is 27.2. The Labute approximate surface area is 226 Å². The lowest BCUT2D eigenvalue weighted by Gasteiger charge is -2.13. The Bertz CT molecular complexity index is 1460. The van der Waals surface area contributed by atoms with Gasteiger partial charge in [0, 0.05) is 22.8 Å². The van der Waals surface area contributed by atoms with E-state index in [0.29, 0.717) is 33.3 Å². The van der Waals surface area contributed by atoms with Crippen molar-refractivity contribution in [2.45, 2.75) is 6.61 Å². The zero-order valence-corrected chi connectivity index (χ0v) is 21.5. The van der Waals surface area contributed by atoms with Crippen LogP contribution in [0.5, 0.6) is 11.5 Å². The number of imide groups is 1. The maximum absolute atomic E-state index is 12.8. The van der Waals surface area contributed by atoms with E-state index in [9.17, 15) is 24.5 Å². The molecule has 3 amide bonds. The molecule has 194 valence electrons. The minimum absolute atomic E-state index is 0.0377. The molecule has 0 aromatic heterocycles. The summed E-state index contributed by atoms with van der Waals surface area (Å²) in [6.45, 7) is -0.365. The van der Waals surface area contributed by atoms with Gasteiger partial charge >= 0.3 is 0 Å². The van der Waals surface area contributed by atoms with Gasteiger partial charge in [-0.1, -0.05) is 35.9 Å². The molecule has 0 aliphatic carbocycles. The van der Waals surface area contributed by atoms with Gasteiger partial charge in [0.05, 0.1) is 16.9 Å². The van der Waals surface area contributed by atoms with Crippen molar-refractivity contribution in [1.82, 2.24) is 4.90 Å². The molecule has 0 radical (unpaired) electrons. The molecule has 1 aliphatic rings. The van der Waals surface area contributed by atoms with Crippen LogP contribution in [0.2, 0.25) is 5.02 Å². The number of carbonyl (C=O) groups excluding carboxylic acids is 3. The van der Waals surface area contributed by atoms with Crippen LogP contribution in [0.3, 0.4) is 0 Å². The Balaban J connectivity index is 1.43. The Morgan fingerprint density at radius 3 is 2.63 bits per heavy atom. The molecule has 0 saturated carbocycles. The number of halogens is 1. The second-order valence-corrected chi connectivity index (χ2v) is 9.38. The van der Waals surface area contributed by atoms with E-state index in [4.69, 9.17) is 21.1 Å². The molecule has 0 spiro atoms. The molecular weight excluding hydrogens is 534 g/mol. The van der Waals surface area contributed by atoms with Gasteiger partial charge in [-0.05, 0) is 59.3 Å². The molecule has 12 heteroatoms. The van der Waals surface area contributed by atoms with E-state index in [0.717, 1.165) is 16.7 Å². The third-order valence-electron chi connectivity index (χ3n) is 5.28. The van der Waals surface area contributed by atoms with E-state index < -0.39 is 28.5 Å². The maximum Gasteiger partial charge on any atom is 0.294 e. The number of anilines is 1. The molecule has 0 bridgehead atoms. The fraction of sp³-hybridized carbons (Fsp3) is 0.115. The number of methoxy groups -OCH3 is 1. The first-order chi connectivity index (χ1) is 18.2. The Hall–Kier alpha value is -4.35. The van der Waals surface area contributed by atoms with Crippen molar-refractivity contribution in [3.63, 3.8) is 0 Å². The third kappa shape index (κ3) is 6.50. The number of nitro groups is 1. The van der Waals surface area contributed by atoms with Crippen LogP contribution in [0.15, 0.2) is 71.6 Å². The number of benzene rings is 3. The molecule has 38 heavy (non-hydrogen) atoms. The van der Waals surface area contributed by atoms with Crippen molar-refractivity contribution in [2.75, 3.05) is 19.0 Å². The average Bonchev–Trinajstić information content (AvgIpc) is 3.15. The van der Waals surface area contributed by atoms with E-state index in [2.05, 4.69) is 5.32 Å². The van der Waals surface area contributed by atoms with Gasteiger partial charge in [0.25, 0.3) is 16.8 Å². The lowest BCUT2D eigenvalue weighted by Crippen LogP contribution is -2.36. The van der Waals surface area contributed by atoms with Gasteiger partial charge in [0.2, 0.25) is 5.91 Å². The number of non-ortho nitro benzene ring substituents is 1. The molecule has 0 unspecified atom stereocenters. The second kappa shape index (κ2) is 11.8. The van der Waals surface area contributed by atoms with Crippen LogP contribution in [0.25, 0.3) is 6.08 Å². The molecule has 1 fully saturated rings. The quantitative estimate of drug-likeness (QED) is 0.209. The van der Waals surface area contributed by atoms with Crippen molar-refractivity contribution in [3.8, 4) is 11.5 Å². The van der Waals surface area contributed by atoms with Gasteiger partial charge < -0.3 is 14.8 Å². The number of ether oxygens (including phenoxy) is 2. The summed E-state index contributed by atoms with van der Waals surface area (Å²) >= 11 is 6.64. The monoisotopic (exact) mass is 553 g/mol. The highest BCUT2D eigenvalue weighted by Gasteiger charge is 2.36. The summed E-state index contributed by atoms with van der Waals surface area (Å²) < 4.78 is 11.2. The smallest absolute Gasteiger partial charge is 0.294 e. The van der Waals surface area contributed by atoms with Crippen LogP contribution in [0.4, 0.5) is 16.2 Å². The van der Waals surface area contributed by atoms with Crippen molar-refractivity contribution >= 4 is 57.9 Å². The zero-order valence-electron chi connectivity index (χ0n) is 19.9. The third-order valence-corrected chi connectivity index (χ3v) is 6.43. The van der Waals surface area contributed by atoms with Gasteiger partial charge in [0.1, 0.15) is 13.2 Å². The van der Waals surface area contributed by atoms with Gasteiger partial charge in [-0.25, -0.2) is 0 Å². The first kappa shape index (κ1) is 26.7. The standard InChI is InChI=1S/C26H20ClN3O7S/c1-36-22-11-16(8-9-21(22)37-15-17-4-2-7-20(10-17)30(34)35)12-23-25(32)29(26(33)38-23)14-24(31)28-19-6-3-5-18(27)13-19/h2-13H,14-15H2,1H3,(H,28,31)/b23-12+. The van der Waals surface area contributed by atoms with Gasteiger partial charge in [-0.3, -0.25) is 29.4 Å². The van der Waals surface area contributed by atoms with Crippen molar-refractivity contribution < 1.29 is 28.8 Å². The Morgan fingerprint density at radius 2 is 1.89 bits per heavy atom. The SMILES string of the molecule is COc1cc(/C=C2/SC(=O)N(CC(=O)Nc3cccc(Cl)c3)C2=O)ccc1OCc1cccc([N+](=O)[O-])c1. The molecule has 3 aromatic rings. The average molecular weight is 554 g/mol. The number of nitro benzene ring substituents is 1. The van der Waals surface area contributed by atoms with Crippen molar-refractivity contribution in [3.05, 3.63) is 97.9 Å². The van der Waals surface area contributed by atoms with Crippen LogP contribution < -0.4 is 14.8 Å². The first-order valence-corrected chi connectivity index (χ1v) is 12.3. The highest BCUT2D eigenvalue weighted by molar-refractivity contribution is 8.18. The molecule has 1 heterocycles. The lowest BCUT2D eigenvalue weighted by molar-refractivity contribution is -0.384. The van der Waals surface area contributed by atoms with Crippen LogP contribution in [-0.4, -0.2) is 40.5 Å². The Morgan fingerprint density at radius 1 is 1.11 bits per heavy atom. The number of rotatable bonds is 9. The van der Waals surface area contributed by atoms with Crippen LogP contribution in [0.1, 0.15) is 11.1 Å². The molecule has 1 saturated heterocycles. The first-order valence-electron chi connectivity index (χ1n) is 11.1. The highest BCUT2D eigenvalue weighted by atomic mass is 35.5. The van der Waals surface area contributed by atoms with E-state index in [1.54, 1.807) is 54.6 Å². The maximum atomic E-state index is 12.8. The fourth-order valence-corrected chi connectivity index (χ4v) is 4.54. The number of amides is 3. The number of nitrogens with zero attached hydrogens (tertiary/aromatic N) is 2. The predicted molar refractivity (Wildman–Crippen MR) is 143 cm³/mol. The number of carbonyl (C=O) groups is 3. The van der Waals surface area contributed by atoms with Crippen LogP contribution >= 0.6 is 23.4 Å². The summed E-state index contributed by atoms with van der Waals surface area (Å²) in [5.74, 6) is -0.375. The van der Waals surface area contributed by atoms with Crippen LogP contribution in [-0.2, 0) is 16.2 Å². The summed E-state index contributed by atoms with van der Waals surface area (Å²) in [4.78, 5) is 49.1. The second-order valence-electron chi connectivity index (χ2n) is 7.95. The molecule has 4 rings (SSSR count). The molecule has 1 aliphatic heterocycles. The van der Waals surface area contributed by atoms with E-state index >= 15 is 0 Å². The molecule has 10 nitrogen and oxygen atoms in total. The lowest BCUT2D eigenvalue weighted by atomic mass is 10.1. The summed E-state index contributed by atoms with van der Waals surface area (Å²) in [5.41, 5.74) is 1.59. The molecule has 0 atom stereocenters. The van der Waals surface area contributed by atoms with Crippen molar-refractivity contribution in [1.29, 1.82) is 0 Å². The number of thioether (sulfide) groups is 1. The number of hydrogen-bond acceptors (Lipinski definition) is 8. The van der Waals surface area contributed by atoms with Crippen LogP contribution in [0, 0.1) is 10.1 Å². The number of hydrogen-bond donors (Lipinski definition) is 1. The highest BCUT2D eigenvalue weighted by Crippen LogP contribution is 2.35. The summed E-state index contributed by atoms with van der Waals surface area (Å²) in [7, 11) is 1.45. The predicted octanol–water partition coefficient (Wildman–Crippen LogP) is 5.51.